The van der Waals surface area contributed by atoms with Gasteiger partial charge in [0.05, 0.1) is 0 Å². The zero-order valence-electron chi connectivity index (χ0n) is 18.2. The van der Waals surface area contributed by atoms with Crippen LogP contribution < -0.4 is 5.32 Å². The molecule has 1 heterocycles. The molecule has 1 atom stereocenters. The number of rotatable bonds is 5. The smallest absolute Gasteiger partial charge is 0.412 e. The van der Waals surface area contributed by atoms with E-state index < -0.39 is 11.7 Å². The Morgan fingerprint density at radius 2 is 1.80 bits per heavy atom. The number of anilines is 1. The molecule has 160 valence electrons. The topological polar surface area (TPSA) is 58.6 Å². The van der Waals surface area contributed by atoms with Gasteiger partial charge in [0.1, 0.15) is 5.60 Å². The molecule has 1 aliphatic heterocycles. The summed E-state index contributed by atoms with van der Waals surface area (Å²) >= 11 is 0. The van der Waals surface area contributed by atoms with Crippen LogP contribution in [0.5, 0.6) is 0 Å². The Kier molecular flexibility index (Phi) is 5.83. The number of hydrogen-bond donors (Lipinski definition) is 1. The zero-order valence-corrected chi connectivity index (χ0v) is 18.2. The second-order valence-corrected chi connectivity index (χ2v) is 9.81. The van der Waals surface area contributed by atoms with E-state index in [1.54, 1.807) is 0 Å². The SMILES string of the molecule is CC(C)(C)OC(=O)Nc1ccc2cc(C(=O)C3CCCN(CC4CC4)C3)ccc2c1. The van der Waals surface area contributed by atoms with E-state index in [0.717, 1.165) is 54.7 Å². The number of nitrogens with one attached hydrogen (secondary N) is 1. The van der Waals surface area contributed by atoms with Crippen LogP contribution in [0.4, 0.5) is 10.5 Å². The molecule has 0 spiro atoms. The van der Waals surface area contributed by atoms with Crippen LogP contribution in [0, 0.1) is 11.8 Å². The lowest BCUT2D eigenvalue weighted by Crippen LogP contribution is -2.39. The molecule has 0 aromatic heterocycles. The fourth-order valence-corrected chi connectivity index (χ4v) is 4.23. The number of carbonyl (C=O) groups is 2. The standard InChI is InChI=1S/C25H32N2O3/c1-25(2,3)30-24(29)26-22-11-10-18-13-20(9-8-19(18)14-22)23(28)21-5-4-12-27(16-21)15-17-6-7-17/h8-11,13-14,17,21H,4-7,12,15-16H2,1-3H3,(H,26,29). The van der Waals surface area contributed by atoms with Gasteiger partial charge >= 0.3 is 6.09 Å². The van der Waals surface area contributed by atoms with Gasteiger partial charge in [-0.3, -0.25) is 10.1 Å². The van der Waals surface area contributed by atoms with Crippen LogP contribution in [-0.4, -0.2) is 42.0 Å². The fraction of sp³-hybridized carbons (Fsp3) is 0.520. The van der Waals surface area contributed by atoms with E-state index in [9.17, 15) is 9.59 Å². The van der Waals surface area contributed by atoms with E-state index in [1.165, 1.54) is 12.8 Å². The van der Waals surface area contributed by atoms with Crippen LogP contribution in [0.2, 0.25) is 0 Å². The van der Waals surface area contributed by atoms with Crippen LogP contribution in [0.25, 0.3) is 10.8 Å². The summed E-state index contributed by atoms with van der Waals surface area (Å²) in [6.07, 6.45) is 4.32. The van der Waals surface area contributed by atoms with Crippen LogP contribution in [-0.2, 0) is 4.74 Å². The molecule has 1 amide bonds. The summed E-state index contributed by atoms with van der Waals surface area (Å²) in [6.45, 7) is 8.70. The van der Waals surface area contributed by atoms with Gasteiger partial charge < -0.3 is 9.64 Å². The highest BCUT2D eigenvalue weighted by molar-refractivity contribution is 6.02. The molecule has 0 bridgehead atoms. The Morgan fingerprint density at radius 1 is 1.07 bits per heavy atom. The lowest BCUT2D eigenvalue weighted by atomic mass is 9.89. The summed E-state index contributed by atoms with van der Waals surface area (Å²) < 4.78 is 5.31. The van der Waals surface area contributed by atoms with Gasteiger partial charge in [-0.1, -0.05) is 18.2 Å². The molecule has 2 aromatic carbocycles. The fourth-order valence-electron chi connectivity index (χ4n) is 4.23. The quantitative estimate of drug-likeness (QED) is 0.665. The molecule has 1 N–H and O–H groups in total. The molecule has 2 aliphatic rings. The van der Waals surface area contributed by atoms with E-state index in [2.05, 4.69) is 10.2 Å². The summed E-state index contributed by atoms with van der Waals surface area (Å²) in [4.78, 5) is 27.6. The van der Waals surface area contributed by atoms with Crippen LogP contribution in [0.1, 0.15) is 56.8 Å². The Bertz CT molecular complexity index is 943. The van der Waals surface area contributed by atoms with Crippen molar-refractivity contribution in [2.75, 3.05) is 25.0 Å². The maximum atomic E-state index is 13.1. The number of Topliss-reactive ketones (excluding diaryl/α,β-unsaturated/α-hetero) is 1. The number of likely N-dealkylation sites (tertiary alicyclic amines) is 1. The molecular weight excluding hydrogens is 376 g/mol. The van der Waals surface area contributed by atoms with E-state index in [0.29, 0.717) is 5.69 Å². The van der Waals surface area contributed by atoms with Crippen molar-refractivity contribution in [1.82, 2.24) is 4.90 Å². The summed E-state index contributed by atoms with van der Waals surface area (Å²) in [5.41, 5.74) is 0.927. The van der Waals surface area contributed by atoms with Gasteiger partial charge in [-0.25, -0.2) is 4.79 Å². The summed E-state index contributed by atoms with van der Waals surface area (Å²) in [7, 11) is 0. The predicted molar refractivity (Wildman–Crippen MR) is 120 cm³/mol. The molecule has 2 fully saturated rings. The maximum absolute atomic E-state index is 13.1. The van der Waals surface area contributed by atoms with Crippen molar-refractivity contribution in [2.24, 2.45) is 11.8 Å². The van der Waals surface area contributed by atoms with Gasteiger partial charge in [-0.05, 0) is 87.9 Å². The summed E-state index contributed by atoms with van der Waals surface area (Å²) in [5.74, 6) is 1.22. The Balaban J connectivity index is 1.44. The first-order valence-corrected chi connectivity index (χ1v) is 11.1. The number of ketones is 1. The lowest BCUT2D eigenvalue weighted by molar-refractivity contribution is 0.0635. The van der Waals surface area contributed by atoms with E-state index >= 15 is 0 Å². The molecular formula is C25H32N2O3. The van der Waals surface area contributed by atoms with Gasteiger partial charge in [-0.15, -0.1) is 0 Å². The number of amides is 1. The molecule has 0 radical (unpaired) electrons. The molecule has 5 nitrogen and oxygen atoms in total. The van der Waals surface area contributed by atoms with Crippen molar-refractivity contribution < 1.29 is 14.3 Å². The second-order valence-electron chi connectivity index (χ2n) is 9.81. The van der Waals surface area contributed by atoms with Crippen molar-refractivity contribution >= 4 is 28.3 Å². The monoisotopic (exact) mass is 408 g/mol. The van der Waals surface area contributed by atoms with Crippen molar-refractivity contribution in [1.29, 1.82) is 0 Å². The Hall–Kier alpha value is -2.40. The third-order valence-electron chi connectivity index (χ3n) is 5.86. The molecule has 2 aromatic rings. The number of benzene rings is 2. The van der Waals surface area contributed by atoms with Gasteiger partial charge in [0.25, 0.3) is 0 Å². The average molecular weight is 409 g/mol. The third kappa shape index (κ3) is 5.39. The van der Waals surface area contributed by atoms with Gasteiger partial charge in [-0.2, -0.15) is 0 Å². The van der Waals surface area contributed by atoms with Crippen molar-refractivity contribution in [3.63, 3.8) is 0 Å². The highest BCUT2D eigenvalue weighted by Crippen LogP contribution is 2.32. The average Bonchev–Trinajstić information content (AvgIpc) is 3.49. The number of carbonyl (C=O) groups excluding carboxylic acids is 2. The maximum Gasteiger partial charge on any atom is 0.412 e. The molecule has 1 unspecified atom stereocenters. The molecule has 1 saturated heterocycles. The first kappa shape index (κ1) is 20.9. The summed E-state index contributed by atoms with van der Waals surface area (Å²) in [5, 5.41) is 4.76. The van der Waals surface area contributed by atoms with Crippen molar-refractivity contribution in [2.45, 2.75) is 52.1 Å². The molecule has 30 heavy (non-hydrogen) atoms. The minimum atomic E-state index is -0.538. The first-order chi connectivity index (χ1) is 14.3. The molecule has 5 heteroatoms. The minimum Gasteiger partial charge on any atom is -0.444 e. The van der Waals surface area contributed by atoms with Gasteiger partial charge in [0.2, 0.25) is 0 Å². The number of fused-ring (bicyclic) bond motifs is 1. The van der Waals surface area contributed by atoms with Crippen LogP contribution >= 0.6 is 0 Å². The highest BCUT2D eigenvalue weighted by atomic mass is 16.6. The Morgan fingerprint density at radius 3 is 2.53 bits per heavy atom. The number of ether oxygens (including phenoxy) is 1. The Labute approximate surface area is 178 Å². The van der Waals surface area contributed by atoms with Crippen molar-refractivity contribution in [3.05, 3.63) is 42.0 Å². The van der Waals surface area contributed by atoms with Crippen molar-refractivity contribution in [3.8, 4) is 0 Å². The molecule has 1 aliphatic carbocycles. The van der Waals surface area contributed by atoms with Crippen LogP contribution in [0.3, 0.4) is 0 Å². The van der Waals surface area contributed by atoms with E-state index in [1.807, 2.05) is 57.2 Å². The number of piperidine rings is 1. The second kappa shape index (κ2) is 8.38. The molecule has 1 saturated carbocycles. The largest absolute Gasteiger partial charge is 0.444 e. The predicted octanol–water partition coefficient (Wildman–Crippen LogP) is 5.49. The minimum absolute atomic E-state index is 0.100. The normalized spacial score (nSPS) is 20.2. The summed E-state index contributed by atoms with van der Waals surface area (Å²) in [6, 6.07) is 11.6. The lowest BCUT2D eigenvalue weighted by Gasteiger charge is -2.32. The first-order valence-electron chi connectivity index (χ1n) is 11.1. The third-order valence-corrected chi connectivity index (χ3v) is 5.86. The number of nitrogens with zero attached hydrogens (tertiary/aromatic N) is 1. The number of hydrogen-bond acceptors (Lipinski definition) is 4. The zero-order chi connectivity index (χ0) is 21.3. The van der Waals surface area contributed by atoms with Gasteiger partial charge in [0, 0.05) is 30.3 Å². The highest BCUT2D eigenvalue weighted by Gasteiger charge is 2.30. The van der Waals surface area contributed by atoms with Gasteiger partial charge in [0.15, 0.2) is 5.78 Å². The molecule has 4 rings (SSSR count). The van der Waals surface area contributed by atoms with E-state index in [-0.39, 0.29) is 11.7 Å². The van der Waals surface area contributed by atoms with Crippen LogP contribution in [0.15, 0.2) is 36.4 Å². The van der Waals surface area contributed by atoms with E-state index in [4.69, 9.17) is 4.74 Å².